The Hall–Kier alpha value is -4.95. The number of nitrogens with one attached hydrogen (secondary N) is 1. The van der Waals surface area contributed by atoms with Crippen molar-refractivity contribution >= 4 is 41.1 Å². The van der Waals surface area contributed by atoms with Crippen LogP contribution in [0.3, 0.4) is 0 Å². The molecule has 0 aromatic carbocycles. The Labute approximate surface area is 199 Å². The summed E-state index contributed by atoms with van der Waals surface area (Å²) in [6.07, 6.45) is 6.89. The first-order valence-corrected chi connectivity index (χ1v) is 10.2. The van der Waals surface area contributed by atoms with Gasteiger partial charge in [-0.3, -0.25) is 34.5 Å². The molecule has 3 heterocycles. The van der Waals surface area contributed by atoms with Gasteiger partial charge in [-0.1, -0.05) is 0 Å². The second-order valence-corrected chi connectivity index (χ2v) is 7.59. The Morgan fingerprint density at radius 1 is 1.00 bits per heavy atom. The van der Waals surface area contributed by atoms with Gasteiger partial charge in [0.1, 0.15) is 0 Å². The smallest absolute Gasteiger partial charge is 0.344 e. The molecular weight excluding hydrogens is 460 g/mol. The molecule has 3 N–H and O–H groups in total. The van der Waals surface area contributed by atoms with Crippen molar-refractivity contribution in [3.05, 3.63) is 59.3 Å². The minimum atomic E-state index is -0.603. The van der Waals surface area contributed by atoms with Gasteiger partial charge in [-0.25, -0.2) is 14.4 Å². The van der Waals surface area contributed by atoms with Crippen LogP contribution in [-0.4, -0.2) is 80.4 Å². The monoisotopic (exact) mass is 484 g/mol. The van der Waals surface area contributed by atoms with Crippen molar-refractivity contribution in [1.82, 2.24) is 23.8 Å². The summed E-state index contributed by atoms with van der Waals surface area (Å²) in [5.74, 6) is 0.173. The molecular formula is C20H24N10O5. The van der Waals surface area contributed by atoms with Gasteiger partial charge in [0.15, 0.2) is 5.82 Å². The number of rotatable bonds is 6. The van der Waals surface area contributed by atoms with E-state index in [1.807, 2.05) is 0 Å². The number of hydrogen-bond donors (Lipinski definition) is 2. The Balaban J connectivity index is 1.69. The first-order valence-electron chi connectivity index (χ1n) is 10.2. The fourth-order valence-electron chi connectivity index (χ4n) is 3.03. The Morgan fingerprint density at radius 3 is 2.26 bits per heavy atom. The van der Waals surface area contributed by atoms with E-state index in [1.54, 1.807) is 7.05 Å². The average molecular weight is 484 g/mol. The highest BCUT2D eigenvalue weighted by atomic mass is 16.6. The number of anilines is 2. The molecule has 0 aliphatic heterocycles. The van der Waals surface area contributed by atoms with Crippen LogP contribution in [0.1, 0.15) is 6.42 Å². The topological polar surface area (TPSA) is 182 Å². The maximum absolute atomic E-state index is 12.9. The molecule has 0 radical (unpaired) electrons. The van der Waals surface area contributed by atoms with Crippen LogP contribution in [0.5, 0.6) is 0 Å². The van der Waals surface area contributed by atoms with Gasteiger partial charge in [-0.05, 0) is 6.07 Å². The minimum absolute atomic E-state index is 0.0377. The largest absolute Gasteiger partial charge is 0.388 e. The molecule has 0 bridgehead atoms. The van der Waals surface area contributed by atoms with E-state index >= 15 is 0 Å². The van der Waals surface area contributed by atoms with Gasteiger partial charge in [0.05, 0.1) is 22.6 Å². The van der Waals surface area contributed by atoms with Crippen LogP contribution in [0.25, 0.3) is 0 Å². The molecule has 0 saturated carbocycles. The fourth-order valence-corrected chi connectivity index (χ4v) is 3.03. The van der Waals surface area contributed by atoms with Crippen LogP contribution in [-0.2, 0) is 0 Å². The number of aromatic nitrogens is 4. The van der Waals surface area contributed by atoms with E-state index in [-0.39, 0.29) is 30.3 Å². The van der Waals surface area contributed by atoms with Crippen LogP contribution < -0.4 is 15.5 Å². The number of nitro groups is 1. The first-order chi connectivity index (χ1) is 16.5. The lowest BCUT2D eigenvalue weighted by atomic mass is 10.4. The summed E-state index contributed by atoms with van der Waals surface area (Å²) in [6.45, 7) is 0.243. The number of amides is 3. The summed E-state index contributed by atoms with van der Waals surface area (Å²) in [7, 11) is 4.50. The number of amidine groups is 1. The normalized spacial score (nSPS) is 10.6. The lowest BCUT2D eigenvalue weighted by molar-refractivity contribution is -0.384. The molecule has 0 aliphatic carbocycles. The SMILES string of the molecule is CN(CCC(=N)N)C(=O)n1ccc(N(C)C(=O)n2ccc(N(C)C(=O)n3ccc([N+](=O)[O-])c3)c2)n1. The first kappa shape index (κ1) is 24.7. The quantitative estimate of drug-likeness (QED) is 0.231. The van der Waals surface area contributed by atoms with Crippen molar-refractivity contribution in [2.45, 2.75) is 6.42 Å². The van der Waals surface area contributed by atoms with Crippen LogP contribution in [0.2, 0.25) is 0 Å². The van der Waals surface area contributed by atoms with E-state index in [9.17, 15) is 24.5 Å². The Morgan fingerprint density at radius 2 is 1.63 bits per heavy atom. The number of carbonyl (C=O) groups excluding carboxylic acids is 3. The molecule has 184 valence electrons. The molecule has 3 rings (SSSR count). The van der Waals surface area contributed by atoms with E-state index in [1.165, 1.54) is 76.3 Å². The van der Waals surface area contributed by atoms with E-state index in [4.69, 9.17) is 11.1 Å². The van der Waals surface area contributed by atoms with Crippen LogP contribution in [0.15, 0.2) is 49.2 Å². The summed E-state index contributed by atoms with van der Waals surface area (Å²) >= 11 is 0. The van der Waals surface area contributed by atoms with Crippen LogP contribution >= 0.6 is 0 Å². The molecule has 0 atom stereocenters. The van der Waals surface area contributed by atoms with Gasteiger partial charge in [0, 0.05) is 71.0 Å². The summed E-state index contributed by atoms with van der Waals surface area (Å²) < 4.78 is 3.38. The van der Waals surface area contributed by atoms with Crippen LogP contribution in [0, 0.1) is 15.5 Å². The van der Waals surface area contributed by atoms with Crippen molar-refractivity contribution < 1.29 is 19.3 Å². The lowest BCUT2D eigenvalue weighted by Gasteiger charge is -2.17. The van der Waals surface area contributed by atoms with E-state index in [0.717, 1.165) is 15.4 Å². The highest BCUT2D eigenvalue weighted by Gasteiger charge is 2.21. The van der Waals surface area contributed by atoms with Crippen LogP contribution in [0.4, 0.5) is 31.6 Å². The number of hydrogen-bond acceptors (Lipinski definition) is 7. The molecule has 0 fully saturated rings. The van der Waals surface area contributed by atoms with Crippen molar-refractivity contribution in [2.24, 2.45) is 5.73 Å². The summed E-state index contributed by atoms with van der Waals surface area (Å²) in [6, 6.07) is 2.73. The second-order valence-electron chi connectivity index (χ2n) is 7.59. The van der Waals surface area contributed by atoms with Crippen molar-refractivity contribution in [2.75, 3.05) is 37.5 Å². The molecule has 15 nitrogen and oxygen atoms in total. The van der Waals surface area contributed by atoms with Gasteiger partial charge in [-0.15, -0.1) is 5.10 Å². The molecule has 0 spiro atoms. The zero-order valence-corrected chi connectivity index (χ0v) is 19.2. The fraction of sp³-hybridized carbons (Fsp3) is 0.250. The summed E-state index contributed by atoms with van der Waals surface area (Å²) in [4.78, 5) is 52.0. The third-order valence-corrected chi connectivity index (χ3v) is 5.13. The maximum atomic E-state index is 12.9. The van der Waals surface area contributed by atoms with Crippen molar-refractivity contribution in [3.8, 4) is 0 Å². The number of nitrogens with two attached hydrogens (primary N) is 1. The van der Waals surface area contributed by atoms with Gasteiger partial charge in [-0.2, -0.15) is 4.68 Å². The van der Waals surface area contributed by atoms with Crippen molar-refractivity contribution in [3.63, 3.8) is 0 Å². The third kappa shape index (κ3) is 5.35. The standard InChI is InChI=1S/C20H24N10O5/c1-24(8-6-16(21)22)18(31)29-11-7-17(23-29)26(3)20(33)27-9-4-14(12-27)25(2)19(32)28-10-5-15(13-28)30(34)35/h4-5,7,9-13H,6,8H2,1-3H3,(H3,21,22). The van der Waals surface area contributed by atoms with Gasteiger partial charge < -0.3 is 10.6 Å². The van der Waals surface area contributed by atoms with Gasteiger partial charge >= 0.3 is 18.1 Å². The van der Waals surface area contributed by atoms with E-state index in [0.29, 0.717) is 5.69 Å². The van der Waals surface area contributed by atoms with E-state index < -0.39 is 23.0 Å². The predicted octanol–water partition coefficient (Wildman–Crippen LogP) is 1.83. The molecule has 0 unspecified atom stereocenters. The molecule has 0 aliphatic rings. The molecule has 15 heteroatoms. The van der Waals surface area contributed by atoms with E-state index in [2.05, 4.69) is 5.10 Å². The summed E-state index contributed by atoms with van der Waals surface area (Å²) in [5.41, 5.74) is 5.48. The molecule has 3 aromatic rings. The average Bonchev–Trinajstić information content (AvgIpc) is 3.60. The zero-order chi connectivity index (χ0) is 25.9. The number of nitrogens with zero attached hydrogens (tertiary/aromatic N) is 8. The Bertz CT molecular complexity index is 1290. The maximum Gasteiger partial charge on any atom is 0.344 e. The Kier molecular flexibility index (Phi) is 6.98. The second kappa shape index (κ2) is 9.90. The molecule has 35 heavy (non-hydrogen) atoms. The third-order valence-electron chi connectivity index (χ3n) is 5.13. The predicted molar refractivity (Wildman–Crippen MR) is 126 cm³/mol. The molecule has 3 aromatic heterocycles. The highest BCUT2D eigenvalue weighted by Crippen LogP contribution is 2.18. The molecule has 3 amide bonds. The van der Waals surface area contributed by atoms with Gasteiger partial charge in [0.25, 0.3) is 5.69 Å². The number of carbonyl (C=O) groups is 3. The summed E-state index contributed by atoms with van der Waals surface area (Å²) in [5, 5.41) is 22.2. The lowest BCUT2D eigenvalue weighted by Crippen LogP contribution is -2.35. The van der Waals surface area contributed by atoms with Gasteiger partial charge in [0.2, 0.25) is 0 Å². The zero-order valence-electron chi connectivity index (χ0n) is 19.2. The minimum Gasteiger partial charge on any atom is -0.388 e. The molecule has 0 saturated heterocycles. The van der Waals surface area contributed by atoms with Crippen molar-refractivity contribution in [1.29, 1.82) is 5.41 Å². The highest BCUT2D eigenvalue weighted by molar-refractivity contribution is 5.96.